The Bertz CT molecular complexity index is 1040. The van der Waals surface area contributed by atoms with Crippen molar-refractivity contribution in [2.75, 3.05) is 25.0 Å². The number of carbonyl (C=O) groups is 1. The zero-order chi connectivity index (χ0) is 21.1. The summed E-state index contributed by atoms with van der Waals surface area (Å²) in [6.45, 7) is 1.04. The van der Waals surface area contributed by atoms with Gasteiger partial charge in [-0.15, -0.1) is 0 Å². The van der Waals surface area contributed by atoms with E-state index in [1.54, 1.807) is 30.3 Å². The van der Waals surface area contributed by atoms with Crippen LogP contribution in [0.25, 0.3) is 0 Å². The fraction of sp³-hybridized carbons (Fsp3) is 0.208. The van der Waals surface area contributed by atoms with Crippen LogP contribution in [-0.4, -0.2) is 32.1 Å². The lowest BCUT2D eigenvalue weighted by molar-refractivity contribution is 0.0951. The Morgan fingerprint density at radius 3 is 2.47 bits per heavy atom. The summed E-state index contributed by atoms with van der Waals surface area (Å²) in [4.78, 5) is 14.7. The van der Waals surface area contributed by atoms with E-state index >= 15 is 0 Å². The van der Waals surface area contributed by atoms with Crippen LogP contribution in [0.5, 0.6) is 0 Å². The van der Waals surface area contributed by atoms with Crippen molar-refractivity contribution in [2.24, 2.45) is 0 Å². The second-order valence-electron chi connectivity index (χ2n) is 7.40. The van der Waals surface area contributed by atoms with Gasteiger partial charge in [-0.25, -0.2) is 4.39 Å². The van der Waals surface area contributed by atoms with Crippen molar-refractivity contribution in [3.8, 4) is 0 Å². The van der Waals surface area contributed by atoms with Crippen LogP contribution in [0.15, 0.2) is 72.8 Å². The highest BCUT2D eigenvalue weighted by atomic mass is 35.5. The van der Waals surface area contributed by atoms with Crippen molar-refractivity contribution in [1.82, 2.24) is 10.6 Å². The van der Waals surface area contributed by atoms with Gasteiger partial charge in [0.1, 0.15) is 5.82 Å². The Labute approximate surface area is 180 Å². The molecule has 0 radical (unpaired) electrons. The Morgan fingerprint density at radius 2 is 1.73 bits per heavy atom. The molecule has 6 heteroatoms. The molecule has 2 atom stereocenters. The quantitative estimate of drug-likeness (QED) is 0.653. The Morgan fingerprint density at radius 1 is 1.07 bits per heavy atom. The lowest BCUT2D eigenvalue weighted by Crippen LogP contribution is -2.46. The third-order valence-corrected chi connectivity index (χ3v) is 5.81. The molecule has 0 aliphatic carbocycles. The van der Waals surface area contributed by atoms with Gasteiger partial charge in [-0.2, -0.15) is 0 Å². The molecule has 0 spiro atoms. The molecule has 4 rings (SSSR count). The third-order valence-electron chi connectivity index (χ3n) is 5.55. The first-order chi connectivity index (χ1) is 14.5. The lowest BCUT2D eigenvalue weighted by Gasteiger charge is -2.29. The first kappa shape index (κ1) is 20.4. The number of hydrogen-bond donors (Lipinski definition) is 2. The van der Waals surface area contributed by atoms with Gasteiger partial charge in [0, 0.05) is 42.0 Å². The van der Waals surface area contributed by atoms with Gasteiger partial charge in [-0.1, -0.05) is 48.0 Å². The SMILES string of the molecule is CN1c2ccccc2C(c2ccccc2F)NCC1CNC(=O)c1ccc(Cl)cc1. The van der Waals surface area contributed by atoms with Gasteiger partial charge in [0.2, 0.25) is 0 Å². The van der Waals surface area contributed by atoms with Gasteiger partial charge in [-0.05, 0) is 42.0 Å². The van der Waals surface area contributed by atoms with Crippen LogP contribution in [-0.2, 0) is 0 Å². The number of rotatable bonds is 4. The smallest absolute Gasteiger partial charge is 0.251 e. The second-order valence-corrected chi connectivity index (χ2v) is 7.84. The lowest BCUT2D eigenvalue weighted by atomic mass is 9.97. The van der Waals surface area contributed by atoms with E-state index in [2.05, 4.69) is 15.5 Å². The van der Waals surface area contributed by atoms with E-state index in [1.165, 1.54) is 6.07 Å². The molecule has 0 bridgehead atoms. The van der Waals surface area contributed by atoms with Gasteiger partial charge in [0.25, 0.3) is 5.91 Å². The molecular formula is C24H23ClFN3O. The number of carbonyl (C=O) groups excluding carboxylic acids is 1. The van der Waals surface area contributed by atoms with E-state index in [4.69, 9.17) is 11.6 Å². The minimum Gasteiger partial charge on any atom is -0.368 e. The standard InChI is InChI=1S/C24H23ClFN3O/c1-29-18(15-28-24(30)16-10-12-17(25)13-11-16)14-27-23(19-6-2-4-8-21(19)26)20-7-3-5-9-22(20)29/h2-13,18,23,27H,14-15H2,1H3,(H,28,30). The molecule has 1 amide bonds. The highest BCUT2D eigenvalue weighted by molar-refractivity contribution is 6.30. The molecule has 154 valence electrons. The average Bonchev–Trinajstić information content (AvgIpc) is 2.90. The largest absolute Gasteiger partial charge is 0.368 e. The minimum atomic E-state index is -0.262. The topological polar surface area (TPSA) is 44.4 Å². The summed E-state index contributed by atoms with van der Waals surface area (Å²) in [5.74, 6) is -0.384. The number of halogens is 2. The van der Waals surface area contributed by atoms with Crippen molar-refractivity contribution in [2.45, 2.75) is 12.1 Å². The summed E-state index contributed by atoms with van der Waals surface area (Å²) in [7, 11) is 2.00. The Hall–Kier alpha value is -2.89. The fourth-order valence-corrected chi connectivity index (χ4v) is 3.99. The van der Waals surface area contributed by atoms with E-state index in [0.29, 0.717) is 29.2 Å². The van der Waals surface area contributed by atoms with Crippen LogP contribution in [0.4, 0.5) is 10.1 Å². The van der Waals surface area contributed by atoms with Crippen LogP contribution in [0, 0.1) is 5.82 Å². The second kappa shape index (κ2) is 8.86. The van der Waals surface area contributed by atoms with Crippen LogP contribution in [0.1, 0.15) is 27.5 Å². The molecule has 3 aromatic carbocycles. The van der Waals surface area contributed by atoms with Crippen LogP contribution < -0.4 is 15.5 Å². The van der Waals surface area contributed by atoms with Gasteiger partial charge < -0.3 is 15.5 Å². The van der Waals surface area contributed by atoms with E-state index in [9.17, 15) is 9.18 Å². The van der Waals surface area contributed by atoms with Gasteiger partial charge in [-0.3, -0.25) is 4.79 Å². The zero-order valence-electron chi connectivity index (χ0n) is 16.6. The van der Waals surface area contributed by atoms with E-state index < -0.39 is 0 Å². The zero-order valence-corrected chi connectivity index (χ0v) is 17.4. The molecule has 4 nitrogen and oxygen atoms in total. The molecular weight excluding hydrogens is 401 g/mol. The first-order valence-corrected chi connectivity index (χ1v) is 10.3. The van der Waals surface area contributed by atoms with Crippen LogP contribution in [0.2, 0.25) is 5.02 Å². The number of para-hydroxylation sites is 1. The molecule has 1 aliphatic heterocycles. The average molecular weight is 424 g/mol. The molecule has 3 aromatic rings. The number of fused-ring (bicyclic) bond motifs is 1. The van der Waals surface area contributed by atoms with Gasteiger partial charge >= 0.3 is 0 Å². The summed E-state index contributed by atoms with van der Waals surface area (Å²) in [5, 5.41) is 7.09. The van der Waals surface area contributed by atoms with Crippen molar-refractivity contribution in [3.63, 3.8) is 0 Å². The normalized spacial score (nSPS) is 18.4. The van der Waals surface area contributed by atoms with Crippen molar-refractivity contribution < 1.29 is 9.18 Å². The maximum atomic E-state index is 14.5. The molecule has 0 aromatic heterocycles. The number of nitrogens with zero attached hydrogens (tertiary/aromatic N) is 1. The van der Waals surface area contributed by atoms with Crippen molar-refractivity contribution in [1.29, 1.82) is 0 Å². The van der Waals surface area contributed by atoms with Gasteiger partial charge in [0.05, 0.1) is 12.1 Å². The Balaban J connectivity index is 1.56. The molecule has 0 fully saturated rings. The first-order valence-electron chi connectivity index (χ1n) is 9.88. The van der Waals surface area contributed by atoms with E-state index in [-0.39, 0.29) is 23.8 Å². The summed E-state index contributed by atoms with van der Waals surface area (Å²) in [6.07, 6.45) is 0. The fourth-order valence-electron chi connectivity index (χ4n) is 3.86. The van der Waals surface area contributed by atoms with Gasteiger partial charge in [0.15, 0.2) is 0 Å². The number of hydrogen-bond acceptors (Lipinski definition) is 3. The predicted octanol–water partition coefficient (Wildman–Crippen LogP) is 4.41. The van der Waals surface area contributed by atoms with E-state index in [0.717, 1.165) is 11.3 Å². The molecule has 1 aliphatic rings. The number of anilines is 1. The highest BCUT2D eigenvalue weighted by Gasteiger charge is 2.29. The summed E-state index contributed by atoms with van der Waals surface area (Å²) in [6, 6.07) is 21.4. The molecule has 0 saturated carbocycles. The minimum absolute atomic E-state index is 0.000765. The molecule has 0 saturated heterocycles. The van der Waals surface area contributed by atoms with Crippen LogP contribution >= 0.6 is 11.6 Å². The molecule has 2 N–H and O–H groups in total. The number of nitrogens with one attached hydrogen (secondary N) is 2. The number of amides is 1. The maximum Gasteiger partial charge on any atom is 0.251 e. The number of likely N-dealkylation sites (N-methyl/N-ethyl adjacent to an activating group) is 1. The van der Waals surface area contributed by atoms with E-state index in [1.807, 2.05) is 43.4 Å². The molecule has 1 heterocycles. The third kappa shape index (κ3) is 4.18. The maximum absolute atomic E-state index is 14.5. The Kier molecular flexibility index (Phi) is 6.02. The predicted molar refractivity (Wildman–Crippen MR) is 119 cm³/mol. The van der Waals surface area contributed by atoms with Crippen LogP contribution in [0.3, 0.4) is 0 Å². The molecule has 2 unspecified atom stereocenters. The van der Waals surface area contributed by atoms with Crippen molar-refractivity contribution in [3.05, 3.63) is 100 Å². The summed E-state index contributed by atoms with van der Waals surface area (Å²) < 4.78 is 14.5. The van der Waals surface area contributed by atoms with Crippen molar-refractivity contribution >= 4 is 23.2 Å². The summed E-state index contributed by atoms with van der Waals surface area (Å²) in [5.41, 5.74) is 3.20. The number of benzene rings is 3. The molecule has 30 heavy (non-hydrogen) atoms. The monoisotopic (exact) mass is 423 g/mol. The highest BCUT2D eigenvalue weighted by Crippen LogP contribution is 2.34. The summed E-state index contributed by atoms with van der Waals surface area (Å²) >= 11 is 5.90.